The Bertz CT molecular complexity index is 861. The van der Waals surface area contributed by atoms with Crippen molar-refractivity contribution < 1.29 is 27.5 Å². The van der Waals surface area contributed by atoms with Crippen molar-refractivity contribution in [1.29, 1.82) is 0 Å². The molecule has 6 nitrogen and oxygen atoms in total. The minimum absolute atomic E-state index is 0.0187. The van der Waals surface area contributed by atoms with E-state index in [9.17, 15) is 22.8 Å². The van der Waals surface area contributed by atoms with Crippen molar-refractivity contribution in [3.05, 3.63) is 45.9 Å². The van der Waals surface area contributed by atoms with E-state index in [4.69, 9.17) is 4.74 Å². The second-order valence-electron chi connectivity index (χ2n) is 6.24. The van der Waals surface area contributed by atoms with Gasteiger partial charge in [0.1, 0.15) is 23.1 Å². The first-order valence-electron chi connectivity index (χ1n) is 8.53. The second-order valence-corrected chi connectivity index (χ2v) is 7.18. The van der Waals surface area contributed by atoms with Crippen LogP contribution in [0.4, 0.5) is 13.2 Å². The first-order chi connectivity index (χ1) is 13.2. The van der Waals surface area contributed by atoms with Gasteiger partial charge >= 0.3 is 6.18 Å². The highest BCUT2D eigenvalue weighted by Gasteiger charge is 2.30. The van der Waals surface area contributed by atoms with Gasteiger partial charge in [-0.1, -0.05) is 6.07 Å². The zero-order chi connectivity index (χ0) is 20.3. The van der Waals surface area contributed by atoms with Crippen LogP contribution in [0.15, 0.2) is 29.6 Å². The first-order valence-corrected chi connectivity index (χ1v) is 9.41. The van der Waals surface area contributed by atoms with Crippen LogP contribution in [0.5, 0.6) is 5.75 Å². The fourth-order valence-corrected chi connectivity index (χ4v) is 3.45. The molecule has 3 rings (SSSR count). The van der Waals surface area contributed by atoms with Gasteiger partial charge in [0.15, 0.2) is 0 Å². The van der Waals surface area contributed by atoms with E-state index in [1.54, 1.807) is 15.2 Å². The standard InChI is InChI=1S/C18H18F3N3O3S/c1-12(25)23-5-7-24(8-6-23)17(26)15-11-28-16(22-15)10-27-14-4-2-3-13(9-14)18(19,20)21/h2-4,9,11H,5-8,10H2,1H3. The van der Waals surface area contributed by atoms with E-state index >= 15 is 0 Å². The number of benzene rings is 1. The molecule has 2 amide bonds. The zero-order valence-corrected chi connectivity index (χ0v) is 15.8. The van der Waals surface area contributed by atoms with Crippen molar-refractivity contribution in [3.8, 4) is 5.75 Å². The zero-order valence-electron chi connectivity index (χ0n) is 15.0. The van der Waals surface area contributed by atoms with Gasteiger partial charge in [-0.2, -0.15) is 13.2 Å². The number of halogens is 3. The lowest BCUT2D eigenvalue weighted by Gasteiger charge is -2.33. The summed E-state index contributed by atoms with van der Waals surface area (Å²) in [6.45, 7) is 3.30. The quantitative estimate of drug-likeness (QED) is 0.773. The molecular formula is C18H18F3N3O3S. The molecule has 2 heterocycles. The summed E-state index contributed by atoms with van der Waals surface area (Å²) < 4.78 is 43.6. The topological polar surface area (TPSA) is 62.7 Å². The number of hydrogen-bond donors (Lipinski definition) is 0. The monoisotopic (exact) mass is 413 g/mol. The highest BCUT2D eigenvalue weighted by atomic mass is 32.1. The average molecular weight is 413 g/mol. The van der Waals surface area contributed by atoms with E-state index < -0.39 is 11.7 Å². The van der Waals surface area contributed by atoms with Gasteiger partial charge in [-0.25, -0.2) is 4.98 Å². The summed E-state index contributed by atoms with van der Waals surface area (Å²) in [5, 5.41) is 2.09. The maximum atomic E-state index is 12.7. The van der Waals surface area contributed by atoms with E-state index in [0.717, 1.165) is 12.1 Å². The lowest BCUT2D eigenvalue weighted by molar-refractivity contribution is -0.137. The molecular weight excluding hydrogens is 395 g/mol. The summed E-state index contributed by atoms with van der Waals surface area (Å²) in [4.78, 5) is 31.4. The Morgan fingerprint density at radius 3 is 2.50 bits per heavy atom. The number of carbonyl (C=O) groups is 2. The van der Waals surface area contributed by atoms with Crippen molar-refractivity contribution in [2.45, 2.75) is 19.7 Å². The third-order valence-corrected chi connectivity index (χ3v) is 5.13. The number of thiazole rings is 1. The van der Waals surface area contributed by atoms with Gasteiger partial charge in [0.05, 0.1) is 5.56 Å². The third-order valence-electron chi connectivity index (χ3n) is 4.31. The molecule has 28 heavy (non-hydrogen) atoms. The maximum absolute atomic E-state index is 12.7. The molecule has 1 aliphatic rings. The summed E-state index contributed by atoms with van der Waals surface area (Å²) >= 11 is 1.21. The molecule has 0 radical (unpaired) electrons. The molecule has 1 aromatic carbocycles. The summed E-state index contributed by atoms with van der Waals surface area (Å²) in [5.41, 5.74) is -0.520. The lowest BCUT2D eigenvalue weighted by atomic mass is 10.2. The van der Waals surface area contributed by atoms with Crippen molar-refractivity contribution in [1.82, 2.24) is 14.8 Å². The smallest absolute Gasteiger partial charge is 0.416 e. The molecule has 1 aliphatic heterocycles. The number of piperazine rings is 1. The number of nitrogens with zero attached hydrogens (tertiary/aromatic N) is 3. The van der Waals surface area contributed by atoms with Crippen LogP contribution in [0.2, 0.25) is 0 Å². The Kier molecular flexibility index (Phi) is 5.87. The predicted molar refractivity (Wildman–Crippen MR) is 96.0 cm³/mol. The summed E-state index contributed by atoms with van der Waals surface area (Å²) in [6, 6.07) is 4.60. The van der Waals surface area contributed by atoms with E-state index in [2.05, 4.69) is 4.98 Å². The fraction of sp³-hybridized carbons (Fsp3) is 0.389. The first kappa shape index (κ1) is 20.1. The SMILES string of the molecule is CC(=O)N1CCN(C(=O)c2csc(COc3cccc(C(F)(F)F)c3)n2)CC1. The van der Waals surface area contributed by atoms with Gasteiger partial charge in [0.2, 0.25) is 5.91 Å². The Morgan fingerprint density at radius 2 is 1.86 bits per heavy atom. The molecule has 0 saturated carbocycles. The summed E-state index contributed by atoms with van der Waals surface area (Å²) in [5.74, 6) is -0.169. The molecule has 1 fully saturated rings. The van der Waals surface area contributed by atoms with E-state index in [1.165, 1.54) is 30.4 Å². The Labute approximate surface area is 163 Å². The summed E-state index contributed by atoms with van der Waals surface area (Å²) in [6.07, 6.45) is -4.44. The number of alkyl halides is 3. The van der Waals surface area contributed by atoms with Crippen LogP contribution in [-0.4, -0.2) is 52.8 Å². The van der Waals surface area contributed by atoms with Crippen molar-refractivity contribution in [2.24, 2.45) is 0 Å². The molecule has 0 aliphatic carbocycles. The van der Waals surface area contributed by atoms with E-state index in [-0.39, 0.29) is 29.9 Å². The molecule has 0 unspecified atom stereocenters. The minimum Gasteiger partial charge on any atom is -0.486 e. The number of hydrogen-bond acceptors (Lipinski definition) is 5. The molecule has 10 heteroatoms. The van der Waals surface area contributed by atoms with Gasteiger partial charge in [-0.05, 0) is 18.2 Å². The van der Waals surface area contributed by atoms with Crippen LogP contribution in [0.25, 0.3) is 0 Å². The Hall–Kier alpha value is -2.62. The van der Waals surface area contributed by atoms with Gasteiger partial charge in [-0.3, -0.25) is 9.59 Å². The highest BCUT2D eigenvalue weighted by Crippen LogP contribution is 2.31. The third kappa shape index (κ3) is 4.80. The van der Waals surface area contributed by atoms with E-state index in [1.807, 2.05) is 0 Å². The van der Waals surface area contributed by atoms with Crippen molar-refractivity contribution in [2.75, 3.05) is 26.2 Å². The Morgan fingerprint density at radius 1 is 1.18 bits per heavy atom. The second kappa shape index (κ2) is 8.17. The maximum Gasteiger partial charge on any atom is 0.416 e. The van der Waals surface area contributed by atoms with Crippen LogP contribution < -0.4 is 4.74 Å². The normalized spacial score (nSPS) is 14.9. The molecule has 0 spiro atoms. The Balaban J connectivity index is 1.57. The van der Waals surface area contributed by atoms with Gasteiger partial charge in [0.25, 0.3) is 5.91 Å². The highest BCUT2D eigenvalue weighted by molar-refractivity contribution is 7.09. The number of rotatable bonds is 4. The molecule has 150 valence electrons. The fourth-order valence-electron chi connectivity index (χ4n) is 2.77. The molecule has 1 saturated heterocycles. The van der Waals surface area contributed by atoms with Crippen molar-refractivity contribution in [3.63, 3.8) is 0 Å². The van der Waals surface area contributed by atoms with Crippen LogP contribution in [-0.2, 0) is 17.6 Å². The summed E-state index contributed by atoms with van der Waals surface area (Å²) in [7, 11) is 0. The van der Waals surface area contributed by atoms with Crippen LogP contribution in [0, 0.1) is 0 Å². The molecule has 2 aromatic rings. The number of amides is 2. The molecule has 0 bridgehead atoms. The van der Waals surface area contributed by atoms with Gasteiger partial charge in [-0.15, -0.1) is 11.3 Å². The van der Waals surface area contributed by atoms with Crippen LogP contribution in [0.1, 0.15) is 28.0 Å². The number of aromatic nitrogens is 1. The number of ether oxygens (including phenoxy) is 1. The molecule has 1 aromatic heterocycles. The van der Waals surface area contributed by atoms with Gasteiger partial charge < -0.3 is 14.5 Å². The van der Waals surface area contributed by atoms with E-state index in [0.29, 0.717) is 31.2 Å². The molecule has 0 N–H and O–H groups in total. The number of carbonyl (C=O) groups excluding carboxylic acids is 2. The van der Waals surface area contributed by atoms with Gasteiger partial charge in [0, 0.05) is 38.5 Å². The lowest BCUT2D eigenvalue weighted by Crippen LogP contribution is -2.50. The predicted octanol–water partition coefficient (Wildman–Crippen LogP) is 3.05. The average Bonchev–Trinajstić information content (AvgIpc) is 3.14. The molecule has 0 atom stereocenters. The minimum atomic E-state index is -4.44. The van der Waals surface area contributed by atoms with Crippen LogP contribution >= 0.6 is 11.3 Å². The van der Waals surface area contributed by atoms with Crippen LogP contribution in [0.3, 0.4) is 0 Å². The van der Waals surface area contributed by atoms with Crippen molar-refractivity contribution >= 4 is 23.2 Å². The largest absolute Gasteiger partial charge is 0.486 e.